The van der Waals surface area contributed by atoms with Gasteiger partial charge in [-0.3, -0.25) is 4.98 Å². The number of hydrogen-bond acceptors (Lipinski definition) is 3. The van der Waals surface area contributed by atoms with Gasteiger partial charge in [0.1, 0.15) is 0 Å². The lowest BCUT2D eigenvalue weighted by Crippen LogP contribution is -1.99. The van der Waals surface area contributed by atoms with Crippen molar-refractivity contribution in [2.45, 2.75) is 20.3 Å². The van der Waals surface area contributed by atoms with Crippen molar-refractivity contribution in [3.05, 3.63) is 18.5 Å². The van der Waals surface area contributed by atoms with Gasteiger partial charge in [0, 0.05) is 12.3 Å². The Morgan fingerprint density at radius 3 is 2.77 bits per heavy atom. The SMILES string of the molecule is CCCOc1cnccc1OCC. The average Bonchev–Trinajstić information content (AvgIpc) is 2.17. The molecular weight excluding hydrogens is 166 g/mol. The summed E-state index contributed by atoms with van der Waals surface area (Å²) in [5.41, 5.74) is 0. The Hall–Kier alpha value is -1.25. The van der Waals surface area contributed by atoms with Gasteiger partial charge in [-0.15, -0.1) is 0 Å². The smallest absolute Gasteiger partial charge is 0.179 e. The minimum Gasteiger partial charge on any atom is -0.490 e. The number of rotatable bonds is 5. The molecule has 13 heavy (non-hydrogen) atoms. The molecule has 72 valence electrons. The van der Waals surface area contributed by atoms with E-state index in [1.165, 1.54) is 0 Å². The van der Waals surface area contributed by atoms with Crippen LogP contribution in [-0.2, 0) is 0 Å². The summed E-state index contributed by atoms with van der Waals surface area (Å²) >= 11 is 0. The summed E-state index contributed by atoms with van der Waals surface area (Å²) in [5, 5.41) is 0. The molecule has 0 aliphatic heterocycles. The highest BCUT2D eigenvalue weighted by Gasteiger charge is 2.02. The van der Waals surface area contributed by atoms with Gasteiger partial charge in [-0.05, 0) is 13.3 Å². The van der Waals surface area contributed by atoms with Crippen molar-refractivity contribution in [1.82, 2.24) is 4.98 Å². The van der Waals surface area contributed by atoms with Crippen LogP contribution in [0.1, 0.15) is 20.3 Å². The lowest BCUT2D eigenvalue weighted by Gasteiger charge is -2.09. The summed E-state index contributed by atoms with van der Waals surface area (Å²) < 4.78 is 10.8. The second kappa shape index (κ2) is 5.41. The van der Waals surface area contributed by atoms with Crippen molar-refractivity contribution in [1.29, 1.82) is 0 Å². The Balaban J connectivity index is 2.66. The highest BCUT2D eigenvalue weighted by Crippen LogP contribution is 2.24. The highest BCUT2D eigenvalue weighted by atomic mass is 16.5. The minimum absolute atomic E-state index is 0.645. The first-order valence-electron chi connectivity index (χ1n) is 4.58. The Bertz CT molecular complexity index is 250. The van der Waals surface area contributed by atoms with E-state index < -0.39 is 0 Å². The fraction of sp³-hybridized carbons (Fsp3) is 0.500. The van der Waals surface area contributed by atoms with Crippen LogP contribution in [0.5, 0.6) is 11.5 Å². The minimum atomic E-state index is 0.645. The van der Waals surface area contributed by atoms with E-state index in [-0.39, 0.29) is 0 Å². The Labute approximate surface area is 78.7 Å². The predicted octanol–water partition coefficient (Wildman–Crippen LogP) is 2.27. The van der Waals surface area contributed by atoms with Gasteiger partial charge in [0.2, 0.25) is 0 Å². The Kier molecular flexibility index (Phi) is 4.09. The molecule has 0 spiro atoms. The Morgan fingerprint density at radius 1 is 1.23 bits per heavy atom. The number of pyridine rings is 1. The molecule has 0 aliphatic rings. The van der Waals surface area contributed by atoms with E-state index in [4.69, 9.17) is 9.47 Å². The fourth-order valence-corrected chi connectivity index (χ4v) is 0.962. The molecule has 0 bridgehead atoms. The van der Waals surface area contributed by atoms with Gasteiger partial charge in [-0.2, -0.15) is 0 Å². The normalized spacial score (nSPS) is 9.69. The van der Waals surface area contributed by atoms with E-state index in [9.17, 15) is 0 Å². The molecule has 0 atom stereocenters. The quantitative estimate of drug-likeness (QED) is 0.698. The van der Waals surface area contributed by atoms with Crippen LogP contribution < -0.4 is 9.47 Å². The zero-order valence-electron chi connectivity index (χ0n) is 8.12. The van der Waals surface area contributed by atoms with E-state index in [0.717, 1.165) is 17.9 Å². The molecule has 1 heterocycles. The molecule has 0 unspecified atom stereocenters. The van der Waals surface area contributed by atoms with Crippen LogP contribution in [0.3, 0.4) is 0 Å². The van der Waals surface area contributed by atoms with Gasteiger partial charge in [0.05, 0.1) is 19.4 Å². The largest absolute Gasteiger partial charge is 0.490 e. The summed E-state index contributed by atoms with van der Waals surface area (Å²) in [5.74, 6) is 1.50. The van der Waals surface area contributed by atoms with Crippen molar-refractivity contribution in [2.24, 2.45) is 0 Å². The van der Waals surface area contributed by atoms with Crippen LogP contribution in [0.25, 0.3) is 0 Å². The van der Waals surface area contributed by atoms with Crippen molar-refractivity contribution in [3.63, 3.8) is 0 Å². The molecular formula is C10H15NO2. The van der Waals surface area contributed by atoms with Gasteiger partial charge < -0.3 is 9.47 Å². The van der Waals surface area contributed by atoms with E-state index in [2.05, 4.69) is 11.9 Å². The van der Waals surface area contributed by atoms with Crippen molar-refractivity contribution in [3.8, 4) is 11.5 Å². The van der Waals surface area contributed by atoms with Gasteiger partial charge in [0.15, 0.2) is 11.5 Å². The third-order valence-corrected chi connectivity index (χ3v) is 1.51. The molecule has 0 N–H and O–H groups in total. The molecule has 0 saturated carbocycles. The topological polar surface area (TPSA) is 31.4 Å². The lowest BCUT2D eigenvalue weighted by molar-refractivity contribution is 0.275. The number of aromatic nitrogens is 1. The van der Waals surface area contributed by atoms with E-state index in [1.54, 1.807) is 12.4 Å². The second-order valence-corrected chi connectivity index (χ2v) is 2.60. The molecule has 3 nitrogen and oxygen atoms in total. The Morgan fingerprint density at radius 2 is 2.08 bits per heavy atom. The molecule has 0 radical (unpaired) electrons. The summed E-state index contributed by atoms with van der Waals surface area (Å²) in [6.07, 6.45) is 4.37. The number of nitrogens with zero attached hydrogens (tertiary/aromatic N) is 1. The summed E-state index contributed by atoms with van der Waals surface area (Å²) in [6, 6.07) is 1.81. The van der Waals surface area contributed by atoms with Crippen molar-refractivity contribution in [2.75, 3.05) is 13.2 Å². The molecule has 0 fully saturated rings. The first-order chi connectivity index (χ1) is 6.38. The first kappa shape index (κ1) is 9.84. The van der Waals surface area contributed by atoms with E-state index >= 15 is 0 Å². The third kappa shape index (κ3) is 2.93. The molecule has 0 saturated heterocycles. The van der Waals surface area contributed by atoms with Crippen molar-refractivity contribution < 1.29 is 9.47 Å². The standard InChI is InChI=1S/C10H15NO2/c1-3-7-13-10-8-11-6-5-9(10)12-4-2/h5-6,8H,3-4,7H2,1-2H3. The predicted molar refractivity (Wildman–Crippen MR) is 51.2 cm³/mol. The maximum absolute atomic E-state index is 5.45. The average molecular weight is 181 g/mol. The van der Waals surface area contributed by atoms with E-state index in [0.29, 0.717) is 13.2 Å². The summed E-state index contributed by atoms with van der Waals surface area (Å²) in [7, 11) is 0. The first-order valence-corrected chi connectivity index (χ1v) is 4.58. The van der Waals surface area contributed by atoms with Crippen LogP contribution in [0, 0.1) is 0 Å². The van der Waals surface area contributed by atoms with Crippen LogP contribution in [0.4, 0.5) is 0 Å². The molecule has 1 rings (SSSR count). The monoisotopic (exact) mass is 181 g/mol. The molecule has 0 aliphatic carbocycles. The molecule has 0 amide bonds. The summed E-state index contributed by atoms with van der Waals surface area (Å²) in [4.78, 5) is 3.98. The zero-order valence-corrected chi connectivity index (χ0v) is 8.12. The van der Waals surface area contributed by atoms with Crippen LogP contribution in [0.15, 0.2) is 18.5 Å². The lowest BCUT2D eigenvalue weighted by atomic mass is 10.4. The van der Waals surface area contributed by atoms with Gasteiger partial charge in [-0.1, -0.05) is 6.92 Å². The highest BCUT2D eigenvalue weighted by molar-refractivity contribution is 5.36. The molecule has 1 aromatic rings. The zero-order chi connectivity index (χ0) is 9.52. The van der Waals surface area contributed by atoms with Gasteiger partial charge in [-0.25, -0.2) is 0 Å². The maximum Gasteiger partial charge on any atom is 0.179 e. The van der Waals surface area contributed by atoms with Gasteiger partial charge >= 0.3 is 0 Å². The maximum atomic E-state index is 5.45. The van der Waals surface area contributed by atoms with Crippen LogP contribution in [-0.4, -0.2) is 18.2 Å². The van der Waals surface area contributed by atoms with Crippen molar-refractivity contribution >= 4 is 0 Å². The molecule has 1 aromatic heterocycles. The van der Waals surface area contributed by atoms with Crippen LogP contribution in [0.2, 0.25) is 0 Å². The molecule has 3 heteroatoms. The summed E-state index contributed by atoms with van der Waals surface area (Å²) in [6.45, 7) is 5.36. The second-order valence-electron chi connectivity index (χ2n) is 2.60. The molecule has 0 aromatic carbocycles. The van der Waals surface area contributed by atoms with Gasteiger partial charge in [0.25, 0.3) is 0 Å². The van der Waals surface area contributed by atoms with E-state index in [1.807, 2.05) is 13.0 Å². The number of hydrogen-bond donors (Lipinski definition) is 0. The number of ether oxygens (including phenoxy) is 2. The van der Waals surface area contributed by atoms with Crippen LogP contribution >= 0.6 is 0 Å². The third-order valence-electron chi connectivity index (χ3n) is 1.51. The fourth-order valence-electron chi connectivity index (χ4n) is 0.962.